The quantitative estimate of drug-likeness (QED) is 0.359. The van der Waals surface area contributed by atoms with Crippen molar-refractivity contribution >= 4 is 5.91 Å². The van der Waals surface area contributed by atoms with E-state index in [0.717, 1.165) is 37.1 Å². The molecule has 0 aliphatic carbocycles. The van der Waals surface area contributed by atoms with E-state index in [2.05, 4.69) is 64.5 Å². The van der Waals surface area contributed by atoms with Crippen LogP contribution in [0.3, 0.4) is 0 Å². The maximum Gasteiger partial charge on any atom is 0.241 e. The second-order valence-electron chi connectivity index (χ2n) is 9.78. The number of rotatable bonds is 7. The number of halogens is 1. The van der Waals surface area contributed by atoms with E-state index in [-0.39, 0.29) is 23.7 Å². The summed E-state index contributed by atoms with van der Waals surface area (Å²) in [7, 11) is 0. The van der Waals surface area contributed by atoms with Gasteiger partial charge < -0.3 is 9.84 Å². The van der Waals surface area contributed by atoms with Crippen LogP contribution in [0.15, 0.2) is 77.3 Å². The monoisotopic (exact) mass is 498 g/mol. The number of aryl methyl sites for hydroxylation is 2. The molecule has 1 atom stereocenters. The van der Waals surface area contributed by atoms with E-state index in [1.54, 1.807) is 12.1 Å². The Morgan fingerprint density at radius 1 is 1.05 bits per heavy atom. The minimum atomic E-state index is -0.302. The van der Waals surface area contributed by atoms with Crippen LogP contribution in [0.2, 0.25) is 0 Å². The Kier molecular flexibility index (Phi) is 7.42. The van der Waals surface area contributed by atoms with Gasteiger partial charge in [0.05, 0.1) is 12.6 Å². The summed E-state index contributed by atoms with van der Waals surface area (Å²) in [5.41, 5.74) is 5.29. The molecule has 7 heteroatoms. The third kappa shape index (κ3) is 5.94. The summed E-state index contributed by atoms with van der Waals surface area (Å²) in [4.78, 5) is 20.1. The van der Waals surface area contributed by atoms with Crippen LogP contribution in [-0.2, 0) is 11.3 Å². The van der Waals surface area contributed by atoms with Gasteiger partial charge in [0, 0.05) is 11.5 Å². The molecule has 1 amide bonds. The average Bonchev–Trinajstić information content (AvgIpc) is 3.37. The SMILES string of the molecule is Cc1ccc(C(NC(=O)C2CCN(Cc3nc(-c4ccc(F)cc4)no3)CC2)c2ccccc2)c(C)c1. The van der Waals surface area contributed by atoms with E-state index in [0.29, 0.717) is 23.8 Å². The predicted molar refractivity (Wildman–Crippen MR) is 140 cm³/mol. The van der Waals surface area contributed by atoms with Crippen LogP contribution in [0.5, 0.6) is 0 Å². The smallest absolute Gasteiger partial charge is 0.241 e. The van der Waals surface area contributed by atoms with Gasteiger partial charge in [0.1, 0.15) is 5.82 Å². The molecule has 3 aromatic carbocycles. The fraction of sp³-hybridized carbons (Fsp3) is 0.300. The summed E-state index contributed by atoms with van der Waals surface area (Å²) in [5.74, 6) is 0.697. The summed E-state index contributed by atoms with van der Waals surface area (Å²) in [6.45, 7) is 6.25. The van der Waals surface area contributed by atoms with Gasteiger partial charge in [-0.25, -0.2) is 4.39 Å². The molecule has 0 saturated carbocycles. The van der Waals surface area contributed by atoms with Crippen molar-refractivity contribution in [1.82, 2.24) is 20.4 Å². The van der Waals surface area contributed by atoms with Gasteiger partial charge in [-0.1, -0.05) is 59.3 Å². The van der Waals surface area contributed by atoms with E-state index in [1.807, 2.05) is 18.2 Å². The Morgan fingerprint density at radius 3 is 2.49 bits per heavy atom. The number of piperidine rings is 1. The number of nitrogens with one attached hydrogen (secondary N) is 1. The molecule has 0 bridgehead atoms. The van der Waals surface area contributed by atoms with Crippen LogP contribution in [0.1, 0.15) is 47.0 Å². The minimum absolute atomic E-state index is 0.0503. The third-order valence-electron chi connectivity index (χ3n) is 7.04. The fourth-order valence-electron chi connectivity index (χ4n) is 4.98. The van der Waals surface area contributed by atoms with E-state index in [1.165, 1.54) is 23.3 Å². The Morgan fingerprint density at radius 2 is 1.78 bits per heavy atom. The van der Waals surface area contributed by atoms with Gasteiger partial charge in [0.2, 0.25) is 17.6 Å². The van der Waals surface area contributed by atoms with Crippen molar-refractivity contribution in [3.8, 4) is 11.4 Å². The number of hydrogen-bond donors (Lipinski definition) is 1. The molecule has 5 rings (SSSR count). The molecular weight excluding hydrogens is 467 g/mol. The molecule has 0 radical (unpaired) electrons. The Labute approximate surface area is 216 Å². The summed E-state index contributed by atoms with van der Waals surface area (Å²) in [6.07, 6.45) is 1.53. The number of nitrogens with zero attached hydrogens (tertiary/aromatic N) is 3. The highest BCUT2D eigenvalue weighted by molar-refractivity contribution is 5.79. The van der Waals surface area contributed by atoms with Gasteiger partial charge in [-0.15, -0.1) is 0 Å². The van der Waals surface area contributed by atoms with Crippen molar-refractivity contribution in [3.05, 3.63) is 107 Å². The maximum absolute atomic E-state index is 13.4. The van der Waals surface area contributed by atoms with Crippen molar-refractivity contribution in [3.63, 3.8) is 0 Å². The lowest BCUT2D eigenvalue weighted by atomic mass is 9.91. The van der Waals surface area contributed by atoms with E-state index < -0.39 is 0 Å². The molecule has 1 fully saturated rings. The molecule has 1 aromatic heterocycles. The highest BCUT2D eigenvalue weighted by atomic mass is 19.1. The lowest BCUT2D eigenvalue weighted by molar-refractivity contribution is -0.127. The zero-order valence-electron chi connectivity index (χ0n) is 21.2. The van der Waals surface area contributed by atoms with Crippen LogP contribution >= 0.6 is 0 Å². The number of hydrogen-bond acceptors (Lipinski definition) is 5. The second-order valence-corrected chi connectivity index (χ2v) is 9.78. The largest absolute Gasteiger partial charge is 0.345 e. The van der Waals surface area contributed by atoms with Crippen LogP contribution in [0.25, 0.3) is 11.4 Å². The molecule has 190 valence electrons. The predicted octanol–water partition coefficient (Wildman–Crippen LogP) is 5.61. The number of aromatic nitrogens is 2. The number of likely N-dealkylation sites (tertiary alicyclic amines) is 1. The van der Waals surface area contributed by atoms with Crippen molar-refractivity contribution in [2.24, 2.45) is 5.92 Å². The molecular formula is C30H31FN4O2. The molecule has 1 aliphatic rings. The summed E-state index contributed by atoms with van der Waals surface area (Å²) >= 11 is 0. The summed E-state index contributed by atoms with van der Waals surface area (Å²) in [5, 5.41) is 7.37. The maximum atomic E-state index is 13.4. The second kappa shape index (κ2) is 11.0. The molecule has 1 saturated heterocycles. The van der Waals surface area contributed by atoms with E-state index in [9.17, 15) is 9.18 Å². The zero-order valence-corrected chi connectivity index (χ0v) is 21.2. The van der Waals surface area contributed by atoms with Crippen LogP contribution in [0.4, 0.5) is 4.39 Å². The highest BCUT2D eigenvalue weighted by Crippen LogP contribution is 2.28. The number of benzene rings is 3. The van der Waals surface area contributed by atoms with Crippen LogP contribution < -0.4 is 5.32 Å². The minimum Gasteiger partial charge on any atom is -0.345 e. The molecule has 0 spiro atoms. The van der Waals surface area contributed by atoms with Crippen molar-refractivity contribution in [2.75, 3.05) is 13.1 Å². The summed E-state index contributed by atoms with van der Waals surface area (Å²) < 4.78 is 18.6. The van der Waals surface area contributed by atoms with Crippen molar-refractivity contribution < 1.29 is 13.7 Å². The Bertz CT molecular complexity index is 1350. The molecule has 1 unspecified atom stereocenters. The summed E-state index contributed by atoms with van der Waals surface area (Å²) in [6, 6.07) is 22.4. The van der Waals surface area contributed by atoms with Crippen LogP contribution in [-0.4, -0.2) is 34.0 Å². The fourth-order valence-corrected chi connectivity index (χ4v) is 4.98. The molecule has 2 heterocycles. The lowest BCUT2D eigenvalue weighted by Gasteiger charge is -2.31. The van der Waals surface area contributed by atoms with Crippen molar-refractivity contribution in [2.45, 2.75) is 39.3 Å². The first-order chi connectivity index (χ1) is 18.0. The molecule has 37 heavy (non-hydrogen) atoms. The number of carbonyl (C=O) groups excluding carboxylic acids is 1. The first-order valence-corrected chi connectivity index (χ1v) is 12.7. The normalized spacial score (nSPS) is 15.4. The van der Waals surface area contributed by atoms with Crippen LogP contribution in [0, 0.1) is 25.6 Å². The average molecular weight is 499 g/mol. The molecule has 4 aromatic rings. The number of carbonyl (C=O) groups is 1. The van der Waals surface area contributed by atoms with Gasteiger partial charge in [0.25, 0.3) is 0 Å². The highest BCUT2D eigenvalue weighted by Gasteiger charge is 2.28. The van der Waals surface area contributed by atoms with E-state index >= 15 is 0 Å². The first kappa shape index (κ1) is 24.8. The first-order valence-electron chi connectivity index (χ1n) is 12.7. The molecule has 1 N–H and O–H groups in total. The van der Waals surface area contributed by atoms with Gasteiger partial charge in [-0.3, -0.25) is 9.69 Å². The molecule has 6 nitrogen and oxygen atoms in total. The van der Waals surface area contributed by atoms with Gasteiger partial charge in [-0.05, 0) is 80.7 Å². The Hall–Kier alpha value is -3.84. The number of amides is 1. The zero-order chi connectivity index (χ0) is 25.8. The lowest BCUT2D eigenvalue weighted by Crippen LogP contribution is -2.41. The topological polar surface area (TPSA) is 71.3 Å². The molecule has 1 aliphatic heterocycles. The van der Waals surface area contributed by atoms with Gasteiger partial charge >= 0.3 is 0 Å². The third-order valence-corrected chi connectivity index (χ3v) is 7.04. The van der Waals surface area contributed by atoms with Crippen molar-refractivity contribution in [1.29, 1.82) is 0 Å². The van der Waals surface area contributed by atoms with Gasteiger partial charge in [0.15, 0.2) is 0 Å². The van der Waals surface area contributed by atoms with E-state index in [4.69, 9.17) is 4.52 Å². The Balaban J connectivity index is 1.20. The standard InChI is InChI=1S/C30H31FN4O2/c1-20-8-13-26(21(2)18-20)28(22-6-4-3-5-7-22)33-30(36)24-14-16-35(17-15-24)19-27-32-29(34-37-27)23-9-11-25(31)12-10-23/h3-13,18,24,28H,14-17,19H2,1-2H3,(H,33,36). The van der Waals surface area contributed by atoms with Gasteiger partial charge in [-0.2, -0.15) is 4.98 Å².